The van der Waals surface area contributed by atoms with Crippen molar-refractivity contribution in [3.8, 4) is 0 Å². The van der Waals surface area contributed by atoms with Gasteiger partial charge < -0.3 is 10.6 Å². The molecular weight excluding hydrogens is 254 g/mol. The van der Waals surface area contributed by atoms with E-state index in [0.29, 0.717) is 12.1 Å². The van der Waals surface area contributed by atoms with Gasteiger partial charge in [-0.3, -0.25) is 14.5 Å². The minimum Gasteiger partial charge on any atom is -0.352 e. The van der Waals surface area contributed by atoms with Crippen molar-refractivity contribution in [2.24, 2.45) is 7.05 Å². The highest BCUT2D eigenvalue weighted by Gasteiger charge is 2.05. The Morgan fingerprint density at radius 2 is 2.25 bits per heavy atom. The van der Waals surface area contributed by atoms with Crippen LogP contribution >= 0.6 is 0 Å². The van der Waals surface area contributed by atoms with Crippen molar-refractivity contribution in [3.63, 3.8) is 0 Å². The zero-order chi connectivity index (χ0) is 14.2. The fraction of sp³-hybridized carbons (Fsp3) is 0.357. The fourth-order valence-electron chi connectivity index (χ4n) is 1.79. The second kappa shape index (κ2) is 7.40. The molecular formula is C14H19N5O. The smallest absolute Gasteiger partial charge is 0.254 e. The maximum atomic E-state index is 11.7. The fourth-order valence-corrected chi connectivity index (χ4v) is 1.79. The Balaban J connectivity index is 1.57. The molecule has 2 heterocycles. The van der Waals surface area contributed by atoms with Gasteiger partial charge in [-0.15, -0.1) is 0 Å². The van der Waals surface area contributed by atoms with Gasteiger partial charge in [-0.2, -0.15) is 5.10 Å². The Bertz CT molecular complexity index is 538. The van der Waals surface area contributed by atoms with Gasteiger partial charge in [0, 0.05) is 38.7 Å². The third kappa shape index (κ3) is 4.47. The lowest BCUT2D eigenvalue weighted by Crippen LogP contribution is -2.27. The summed E-state index contributed by atoms with van der Waals surface area (Å²) in [6.07, 6.45) is 7.76. The van der Waals surface area contributed by atoms with Gasteiger partial charge in [0.1, 0.15) is 0 Å². The largest absolute Gasteiger partial charge is 0.352 e. The lowest BCUT2D eigenvalue weighted by molar-refractivity contribution is 0.0953. The lowest BCUT2D eigenvalue weighted by atomic mass is 10.3. The van der Waals surface area contributed by atoms with E-state index < -0.39 is 0 Å². The highest BCUT2D eigenvalue weighted by atomic mass is 16.1. The Hall–Kier alpha value is -2.21. The van der Waals surface area contributed by atoms with Crippen LogP contribution in [-0.4, -0.2) is 33.8 Å². The van der Waals surface area contributed by atoms with E-state index in [-0.39, 0.29) is 5.91 Å². The monoisotopic (exact) mass is 273 g/mol. The van der Waals surface area contributed by atoms with Gasteiger partial charge in [0.05, 0.1) is 11.8 Å². The molecule has 0 spiro atoms. The number of nitrogens with zero attached hydrogens (tertiary/aromatic N) is 3. The maximum absolute atomic E-state index is 11.7. The predicted octanol–water partition coefficient (Wildman–Crippen LogP) is 0.725. The molecule has 2 aromatic heterocycles. The van der Waals surface area contributed by atoms with E-state index in [9.17, 15) is 4.79 Å². The predicted molar refractivity (Wildman–Crippen MR) is 76.1 cm³/mol. The summed E-state index contributed by atoms with van der Waals surface area (Å²) in [5.41, 5.74) is 1.75. The summed E-state index contributed by atoms with van der Waals surface area (Å²) >= 11 is 0. The SMILES string of the molecule is Cn1cc(C(=O)NCCCNCc2cccnc2)cn1. The number of rotatable bonds is 7. The molecule has 0 fully saturated rings. The first-order chi connectivity index (χ1) is 9.75. The molecule has 2 rings (SSSR count). The molecule has 2 N–H and O–H groups in total. The van der Waals surface area contributed by atoms with E-state index in [0.717, 1.165) is 25.1 Å². The van der Waals surface area contributed by atoms with Crippen LogP contribution in [0.25, 0.3) is 0 Å². The molecule has 0 saturated carbocycles. The molecule has 0 aliphatic heterocycles. The van der Waals surface area contributed by atoms with Crippen LogP contribution < -0.4 is 10.6 Å². The van der Waals surface area contributed by atoms with E-state index in [1.165, 1.54) is 0 Å². The average molecular weight is 273 g/mol. The highest BCUT2D eigenvalue weighted by Crippen LogP contribution is 1.96. The summed E-state index contributed by atoms with van der Waals surface area (Å²) in [5, 5.41) is 10.1. The first-order valence-electron chi connectivity index (χ1n) is 6.62. The Kier molecular flexibility index (Phi) is 5.25. The van der Waals surface area contributed by atoms with E-state index in [4.69, 9.17) is 0 Å². The van der Waals surface area contributed by atoms with Crippen LogP contribution in [0.5, 0.6) is 0 Å². The lowest BCUT2D eigenvalue weighted by Gasteiger charge is -2.05. The summed E-state index contributed by atoms with van der Waals surface area (Å²) in [4.78, 5) is 15.8. The molecule has 0 saturated heterocycles. The van der Waals surface area contributed by atoms with Gasteiger partial charge in [0.2, 0.25) is 0 Å². The first kappa shape index (κ1) is 14.2. The second-order valence-electron chi connectivity index (χ2n) is 4.55. The summed E-state index contributed by atoms with van der Waals surface area (Å²) in [6.45, 7) is 2.29. The number of hydrogen-bond acceptors (Lipinski definition) is 4. The standard InChI is InChI=1S/C14H19N5O/c1-19-11-13(10-18-19)14(20)17-7-3-6-16-9-12-4-2-5-15-8-12/h2,4-5,8,10-11,16H,3,6-7,9H2,1H3,(H,17,20). The van der Waals surface area contributed by atoms with Crippen LogP contribution in [0.2, 0.25) is 0 Å². The third-order valence-electron chi connectivity index (χ3n) is 2.83. The molecule has 0 aliphatic carbocycles. The van der Waals surface area contributed by atoms with E-state index in [2.05, 4.69) is 20.7 Å². The number of pyridine rings is 1. The van der Waals surface area contributed by atoms with Gasteiger partial charge in [0.15, 0.2) is 0 Å². The van der Waals surface area contributed by atoms with Gasteiger partial charge >= 0.3 is 0 Å². The number of hydrogen-bond donors (Lipinski definition) is 2. The molecule has 2 aromatic rings. The summed E-state index contributed by atoms with van der Waals surface area (Å²) in [7, 11) is 1.79. The topological polar surface area (TPSA) is 71.8 Å². The Labute approximate surface area is 118 Å². The van der Waals surface area contributed by atoms with E-state index in [1.807, 2.05) is 18.3 Å². The minimum atomic E-state index is -0.0784. The van der Waals surface area contributed by atoms with Crippen molar-refractivity contribution >= 4 is 5.91 Å². The molecule has 0 aliphatic rings. The number of aryl methyl sites for hydroxylation is 1. The summed E-state index contributed by atoms with van der Waals surface area (Å²) in [6, 6.07) is 3.95. The van der Waals surface area contributed by atoms with Crippen LogP contribution in [0.3, 0.4) is 0 Å². The molecule has 1 amide bonds. The first-order valence-corrected chi connectivity index (χ1v) is 6.62. The number of aromatic nitrogens is 3. The highest BCUT2D eigenvalue weighted by molar-refractivity contribution is 5.93. The van der Waals surface area contributed by atoms with Crippen LogP contribution in [-0.2, 0) is 13.6 Å². The molecule has 0 unspecified atom stereocenters. The number of amides is 1. The van der Waals surface area contributed by atoms with Gasteiger partial charge in [-0.05, 0) is 24.6 Å². The molecule has 106 valence electrons. The molecule has 0 bridgehead atoms. The van der Waals surface area contributed by atoms with Gasteiger partial charge in [-0.25, -0.2) is 0 Å². The molecule has 6 nitrogen and oxygen atoms in total. The van der Waals surface area contributed by atoms with Gasteiger partial charge in [-0.1, -0.05) is 6.07 Å². The molecule has 6 heteroatoms. The molecule has 0 atom stereocenters. The Morgan fingerprint density at radius 1 is 1.35 bits per heavy atom. The number of carbonyl (C=O) groups excluding carboxylic acids is 1. The summed E-state index contributed by atoms with van der Waals surface area (Å²) < 4.78 is 1.62. The zero-order valence-electron chi connectivity index (χ0n) is 11.5. The average Bonchev–Trinajstić information content (AvgIpc) is 2.90. The molecule has 20 heavy (non-hydrogen) atoms. The maximum Gasteiger partial charge on any atom is 0.254 e. The van der Waals surface area contributed by atoms with Gasteiger partial charge in [0.25, 0.3) is 5.91 Å². The normalized spacial score (nSPS) is 10.4. The van der Waals surface area contributed by atoms with Crippen molar-refractivity contribution in [2.75, 3.05) is 13.1 Å². The zero-order valence-corrected chi connectivity index (χ0v) is 11.5. The van der Waals surface area contributed by atoms with Crippen molar-refractivity contribution < 1.29 is 4.79 Å². The number of nitrogens with one attached hydrogen (secondary N) is 2. The van der Waals surface area contributed by atoms with Crippen molar-refractivity contribution in [1.82, 2.24) is 25.4 Å². The van der Waals surface area contributed by atoms with E-state index >= 15 is 0 Å². The van der Waals surface area contributed by atoms with Crippen LogP contribution in [0.1, 0.15) is 22.3 Å². The van der Waals surface area contributed by atoms with Crippen molar-refractivity contribution in [1.29, 1.82) is 0 Å². The minimum absolute atomic E-state index is 0.0784. The quantitative estimate of drug-likeness (QED) is 0.729. The van der Waals surface area contributed by atoms with Crippen molar-refractivity contribution in [2.45, 2.75) is 13.0 Å². The summed E-state index contributed by atoms with van der Waals surface area (Å²) in [5.74, 6) is -0.0784. The molecule has 0 radical (unpaired) electrons. The Morgan fingerprint density at radius 3 is 2.95 bits per heavy atom. The number of carbonyl (C=O) groups is 1. The second-order valence-corrected chi connectivity index (χ2v) is 4.55. The van der Waals surface area contributed by atoms with Crippen LogP contribution in [0.15, 0.2) is 36.9 Å². The van der Waals surface area contributed by atoms with Crippen LogP contribution in [0, 0.1) is 0 Å². The third-order valence-corrected chi connectivity index (χ3v) is 2.83. The van der Waals surface area contributed by atoms with Crippen molar-refractivity contribution in [3.05, 3.63) is 48.0 Å². The van der Waals surface area contributed by atoms with Crippen LogP contribution in [0.4, 0.5) is 0 Å². The molecule has 0 aromatic carbocycles. The van der Waals surface area contributed by atoms with E-state index in [1.54, 1.807) is 30.3 Å².